The topological polar surface area (TPSA) is 87.7 Å². The number of benzene rings is 2. The molecule has 7 nitrogen and oxygen atoms in total. The number of nitrogens with one attached hydrogen (secondary N) is 2. The van der Waals surface area contributed by atoms with E-state index in [0.29, 0.717) is 13.1 Å². The minimum Gasteiger partial charge on any atom is -0.444 e. The van der Waals surface area contributed by atoms with E-state index >= 15 is 0 Å². The first-order valence-corrected chi connectivity index (χ1v) is 13.2. The molecule has 0 saturated heterocycles. The van der Waals surface area contributed by atoms with Gasteiger partial charge in [0.1, 0.15) is 17.7 Å². The summed E-state index contributed by atoms with van der Waals surface area (Å²) in [6, 6.07) is 15.4. The number of alkyl carbamates (subject to hydrolysis) is 1. The fraction of sp³-hybridized carbons (Fsp3) is 0.500. The Morgan fingerprint density at radius 1 is 0.973 bits per heavy atom. The van der Waals surface area contributed by atoms with Gasteiger partial charge in [0, 0.05) is 19.5 Å². The zero-order chi connectivity index (χ0) is 27.4. The molecule has 2 unspecified atom stereocenters. The zero-order valence-corrected chi connectivity index (χ0v) is 23.2. The summed E-state index contributed by atoms with van der Waals surface area (Å²) in [6.07, 6.45) is 2.54. The van der Waals surface area contributed by atoms with Gasteiger partial charge in [-0.2, -0.15) is 0 Å². The van der Waals surface area contributed by atoms with Gasteiger partial charge in [-0.05, 0) is 52.2 Å². The first-order chi connectivity index (χ1) is 17.6. The van der Waals surface area contributed by atoms with Crippen LogP contribution in [-0.2, 0) is 20.7 Å². The van der Waals surface area contributed by atoms with E-state index in [-0.39, 0.29) is 18.2 Å². The van der Waals surface area contributed by atoms with Crippen molar-refractivity contribution in [1.82, 2.24) is 15.5 Å². The lowest BCUT2D eigenvalue weighted by Crippen LogP contribution is -2.53. The van der Waals surface area contributed by atoms with Crippen molar-refractivity contribution in [1.29, 1.82) is 0 Å². The van der Waals surface area contributed by atoms with E-state index in [4.69, 9.17) is 4.74 Å². The summed E-state index contributed by atoms with van der Waals surface area (Å²) in [4.78, 5) is 41.8. The highest BCUT2D eigenvalue weighted by Gasteiger charge is 2.35. The lowest BCUT2D eigenvalue weighted by molar-refractivity contribution is -0.142. The van der Waals surface area contributed by atoms with E-state index in [1.165, 1.54) is 0 Å². The molecule has 0 aliphatic carbocycles. The quantitative estimate of drug-likeness (QED) is 0.379. The molecule has 2 rings (SSSR count). The second-order valence-electron chi connectivity index (χ2n) is 10.3. The molecular formula is C30H43N3O4. The molecule has 0 aliphatic heterocycles. The van der Waals surface area contributed by atoms with Crippen molar-refractivity contribution in [2.75, 3.05) is 13.1 Å². The van der Waals surface area contributed by atoms with Crippen molar-refractivity contribution in [3.8, 4) is 0 Å². The van der Waals surface area contributed by atoms with Crippen LogP contribution >= 0.6 is 0 Å². The number of nitrogens with zero attached hydrogens (tertiary/aromatic N) is 1. The number of unbranched alkanes of at least 4 members (excludes halogenated alkanes) is 2. The van der Waals surface area contributed by atoms with Crippen LogP contribution in [-0.4, -0.2) is 47.5 Å². The van der Waals surface area contributed by atoms with E-state index in [1.807, 2.05) is 68.4 Å². The Morgan fingerprint density at radius 3 is 2.27 bits per heavy atom. The molecule has 0 aromatic heterocycles. The van der Waals surface area contributed by atoms with Crippen LogP contribution in [0.25, 0.3) is 0 Å². The van der Waals surface area contributed by atoms with Gasteiger partial charge in [-0.1, -0.05) is 79.9 Å². The number of likely N-dealkylation sites (N-methyl/N-ethyl adjacent to an activating group) is 1. The van der Waals surface area contributed by atoms with Gasteiger partial charge in [-0.25, -0.2) is 4.79 Å². The summed E-state index contributed by atoms with van der Waals surface area (Å²) in [7, 11) is 0. The maximum Gasteiger partial charge on any atom is 0.408 e. The number of ether oxygens (including phenoxy) is 1. The fourth-order valence-electron chi connectivity index (χ4n) is 4.16. The van der Waals surface area contributed by atoms with Gasteiger partial charge < -0.3 is 20.3 Å². The second kappa shape index (κ2) is 14.4. The van der Waals surface area contributed by atoms with Crippen molar-refractivity contribution in [3.63, 3.8) is 0 Å². The van der Waals surface area contributed by atoms with E-state index < -0.39 is 23.8 Å². The number of amides is 3. The Hall–Kier alpha value is -3.35. The lowest BCUT2D eigenvalue weighted by Gasteiger charge is -2.34. The smallest absolute Gasteiger partial charge is 0.408 e. The highest BCUT2D eigenvalue weighted by molar-refractivity contribution is 5.92. The molecule has 2 aromatic carbocycles. The molecule has 7 heteroatoms. The number of rotatable bonds is 12. The van der Waals surface area contributed by atoms with E-state index in [0.717, 1.165) is 36.0 Å². The molecule has 0 bridgehead atoms. The highest BCUT2D eigenvalue weighted by Crippen LogP contribution is 2.24. The maximum atomic E-state index is 14.0. The SMILES string of the molecule is CCCCCNC(=O)C(c1cccc(C)c1)N(CC)C(=O)C(Cc1ccccc1)NC(=O)OC(C)(C)C. The van der Waals surface area contributed by atoms with Crippen molar-refractivity contribution in [3.05, 3.63) is 71.3 Å². The maximum absolute atomic E-state index is 14.0. The van der Waals surface area contributed by atoms with Crippen LogP contribution in [0.2, 0.25) is 0 Å². The van der Waals surface area contributed by atoms with E-state index in [1.54, 1.807) is 25.7 Å². The monoisotopic (exact) mass is 509 g/mol. The predicted octanol–water partition coefficient (Wildman–Crippen LogP) is 5.33. The summed E-state index contributed by atoms with van der Waals surface area (Å²) in [6.45, 7) is 12.1. The highest BCUT2D eigenvalue weighted by atomic mass is 16.6. The Balaban J connectivity index is 2.40. The standard InChI is InChI=1S/C30H43N3O4/c1-7-9-13-19-31-27(34)26(24-18-14-15-22(3)20-24)33(8-2)28(35)25(21-23-16-11-10-12-17-23)32-29(36)37-30(4,5)6/h10-12,14-18,20,25-26H,7-9,13,19,21H2,1-6H3,(H,31,34)(H,32,36). The first kappa shape index (κ1) is 29.9. The number of aryl methyl sites for hydroxylation is 1. The van der Waals surface area contributed by atoms with Gasteiger partial charge in [-0.15, -0.1) is 0 Å². The summed E-state index contributed by atoms with van der Waals surface area (Å²) in [5, 5.41) is 5.79. The van der Waals surface area contributed by atoms with E-state index in [9.17, 15) is 14.4 Å². The number of carbonyl (C=O) groups is 3. The minimum atomic E-state index is -0.905. The molecule has 0 heterocycles. The third kappa shape index (κ3) is 9.90. The van der Waals surface area contributed by atoms with Crippen LogP contribution in [0.3, 0.4) is 0 Å². The number of hydrogen-bond donors (Lipinski definition) is 2. The van der Waals surface area contributed by atoms with Crippen LogP contribution in [0.1, 0.15) is 76.6 Å². The zero-order valence-electron chi connectivity index (χ0n) is 23.2. The molecule has 37 heavy (non-hydrogen) atoms. The Bertz CT molecular complexity index is 1020. The van der Waals surface area contributed by atoms with E-state index in [2.05, 4.69) is 17.6 Å². The third-order valence-electron chi connectivity index (χ3n) is 5.89. The van der Waals surface area contributed by atoms with Gasteiger partial charge in [-0.3, -0.25) is 9.59 Å². The normalized spacial score (nSPS) is 12.8. The summed E-state index contributed by atoms with van der Waals surface area (Å²) in [5.74, 6) is -0.569. The third-order valence-corrected chi connectivity index (χ3v) is 5.89. The van der Waals surface area contributed by atoms with Gasteiger partial charge in [0.15, 0.2) is 0 Å². The van der Waals surface area contributed by atoms with Crippen molar-refractivity contribution in [2.45, 2.75) is 84.9 Å². The van der Waals surface area contributed by atoms with Crippen LogP contribution < -0.4 is 10.6 Å². The van der Waals surface area contributed by atoms with Crippen LogP contribution in [0, 0.1) is 6.92 Å². The fourth-order valence-corrected chi connectivity index (χ4v) is 4.16. The Labute approximate surface area is 222 Å². The minimum absolute atomic E-state index is 0.229. The molecule has 2 aromatic rings. The predicted molar refractivity (Wildman–Crippen MR) is 147 cm³/mol. The average Bonchev–Trinajstić information content (AvgIpc) is 2.83. The largest absolute Gasteiger partial charge is 0.444 e. The molecule has 202 valence electrons. The molecule has 0 fully saturated rings. The molecule has 2 atom stereocenters. The molecule has 2 N–H and O–H groups in total. The van der Waals surface area contributed by atoms with Crippen LogP contribution in [0.15, 0.2) is 54.6 Å². The summed E-state index contributed by atoms with van der Waals surface area (Å²) in [5.41, 5.74) is 1.91. The van der Waals surface area contributed by atoms with Crippen LogP contribution in [0.5, 0.6) is 0 Å². The lowest BCUT2D eigenvalue weighted by atomic mass is 9.99. The molecule has 0 radical (unpaired) electrons. The van der Waals surface area contributed by atoms with Gasteiger partial charge in [0.05, 0.1) is 0 Å². The van der Waals surface area contributed by atoms with Gasteiger partial charge in [0.25, 0.3) is 0 Å². The summed E-state index contributed by atoms with van der Waals surface area (Å²) < 4.78 is 5.45. The van der Waals surface area contributed by atoms with Gasteiger partial charge in [0.2, 0.25) is 11.8 Å². The second-order valence-corrected chi connectivity index (χ2v) is 10.3. The van der Waals surface area contributed by atoms with Crippen molar-refractivity contribution in [2.24, 2.45) is 0 Å². The number of carbonyl (C=O) groups excluding carboxylic acids is 3. The van der Waals surface area contributed by atoms with Crippen molar-refractivity contribution >= 4 is 17.9 Å². The summed E-state index contributed by atoms with van der Waals surface area (Å²) >= 11 is 0. The average molecular weight is 510 g/mol. The molecule has 0 saturated carbocycles. The first-order valence-electron chi connectivity index (χ1n) is 13.2. The number of hydrogen-bond acceptors (Lipinski definition) is 4. The molecule has 0 aliphatic rings. The van der Waals surface area contributed by atoms with Gasteiger partial charge >= 0.3 is 6.09 Å². The Kier molecular flexibility index (Phi) is 11.6. The van der Waals surface area contributed by atoms with Crippen LogP contribution in [0.4, 0.5) is 4.79 Å². The molecule has 3 amide bonds. The Morgan fingerprint density at radius 2 is 1.68 bits per heavy atom. The van der Waals surface area contributed by atoms with Crippen molar-refractivity contribution < 1.29 is 19.1 Å². The molecule has 0 spiro atoms. The molecular weight excluding hydrogens is 466 g/mol.